The first-order chi connectivity index (χ1) is 12.0. The molecule has 2 aromatic rings. The van der Waals surface area contributed by atoms with E-state index in [0.29, 0.717) is 24.6 Å². The molecule has 1 saturated heterocycles. The Labute approximate surface area is 146 Å². The molecule has 0 aromatic carbocycles. The summed E-state index contributed by atoms with van der Waals surface area (Å²) in [6, 6.07) is 4.59. The van der Waals surface area contributed by atoms with Crippen LogP contribution < -0.4 is 16.0 Å². The lowest BCUT2D eigenvalue weighted by Gasteiger charge is -2.16. The molecule has 1 fully saturated rings. The number of hydrogen-bond acceptors (Lipinski definition) is 4. The van der Waals surface area contributed by atoms with Crippen molar-refractivity contribution in [3.63, 3.8) is 0 Å². The van der Waals surface area contributed by atoms with Crippen LogP contribution in [0.3, 0.4) is 0 Å². The third-order valence-corrected chi connectivity index (χ3v) is 4.03. The topological polar surface area (TPSA) is 101 Å². The molecular formula is C17H22N6O2. The molecule has 0 bridgehead atoms. The summed E-state index contributed by atoms with van der Waals surface area (Å²) in [5, 5.41) is 12.7. The first-order valence-corrected chi connectivity index (χ1v) is 8.38. The Morgan fingerprint density at radius 1 is 1.32 bits per heavy atom. The van der Waals surface area contributed by atoms with Crippen molar-refractivity contribution in [1.82, 2.24) is 25.4 Å². The summed E-state index contributed by atoms with van der Waals surface area (Å²) in [7, 11) is 0. The zero-order chi connectivity index (χ0) is 17.8. The van der Waals surface area contributed by atoms with Crippen molar-refractivity contribution < 1.29 is 9.59 Å². The number of anilines is 1. The number of carbonyl (C=O) groups excluding carboxylic acids is 2. The predicted molar refractivity (Wildman–Crippen MR) is 93.6 cm³/mol. The number of rotatable bonds is 3. The normalized spacial score (nSPS) is 17.5. The van der Waals surface area contributed by atoms with Crippen molar-refractivity contribution in [2.24, 2.45) is 0 Å². The second kappa shape index (κ2) is 7.33. The van der Waals surface area contributed by atoms with Gasteiger partial charge in [0.2, 0.25) is 5.91 Å². The molecule has 8 nitrogen and oxygen atoms in total. The largest absolute Gasteiger partial charge is 0.354 e. The summed E-state index contributed by atoms with van der Waals surface area (Å²) >= 11 is 0. The highest BCUT2D eigenvalue weighted by atomic mass is 16.2. The molecular weight excluding hydrogens is 320 g/mol. The van der Waals surface area contributed by atoms with Crippen LogP contribution in [0.2, 0.25) is 0 Å². The summed E-state index contributed by atoms with van der Waals surface area (Å²) in [6.45, 7) is 4.46. The molecule has 25 heavy (non-hydrogen) atoms. The van der Waals surface area contributed by atoms with Crippen molar-refractivity contribution in [1.29, 1.82) is 0 Å². The summed E-state index contributed by atoms with van der Waals surface area (Å²) < 4.78 is 1.58. The van der Waals surface area contributed by atoms with E-state index < -0.39 is 12.1 Å². The van der Waals surface area contributed by atoms with Crippen LogP contribution in [0.4, 0.5) is 10.6 Å². The van der Waals surface area contributed by atoms with E-state index in [4.69, 9.17) is 0 Å². The average Bonchev–Trinajstić information content (AvgIpc) is 2.81. The van der Waals surface area contributed by atoms with Gasteiger partial charge in [0, 0.05) is 18.8 Å². The second-order valence-corrected chi connectivity index (χ2v) is 6.21. The van der Waals surface area contributed by atoms with Gasteiger partial charge in [-0.1, -0.05) is 0 Å². The van der Waals surface area contributed by atoms with E-state index in [-0.39, 0.29) is 5.91 Å². The van der Waals surface area contributed by atoms with Crippen LogP contribution in [0, 0.1) is 13.8 Å². The van der Waals surface area contributed by atoms with E-state index in [1.54, 1.807) is 16.9 Å². The Kier molecular flexibility index (Phi) is 4.97. The molecule has 3 heterocycles. The van der Waals surface area contributed by atoms with Crippen molar-refractivity contribution in [2.45, 2.75) is 39.2 Å². The molecule has 1 unspecified atom stereocenters. The summed E-state index contributed by atoms with van der Waals surface area (Å²) in [5.41, 5.74) is 1.80. The molecule has 3 N–H and O–H groups in total. The van der Waals surface area contributed by atoms with Gasteiger partial charge in [0.05, 0.1) is 5.69 Å². The molecule has 0 spiro atoms. The van der Waals surface area contributed by atoms with Gasteiger partial charge in [0.25, 0.3) is 0 Å². The van der Waals surface area contributed by atoms with E-state index in [1.807, 2.05) is 26.0 Å². The summed E-state index contributed by atoms with van der Waals surface area (Å²) in [6.07, 6.45) is 4.16. The SMILES string of the molecule is Cc1ccnc(-n2nc(C)cc2NC(=O)NC2CCCCNC2=O)c1. The lowest BCUT2D eigenvalue weighted by Crippen LogP contribution is -2.47. The van der Waals surface area contributed by atoms with Crippen molar-refractivity contribution in [3.8, 4) is 5.82 Å². The smallest absolute Gasteiger partial charge is 0.321 e. The van der Waals surface area contributed by atoms with E-state index >= 15 is 0 Å². The first kappa shape index (κ1) is 16.9. The zero-order valence-electron chi connectivity index (χ0n) is 14.4. The molecule has 0 aliphatic carbocycles. The lowest BCUT2D eigenvalue weighted by atomic mass is 10.1. The first-order valence-electron chi connectivity index (χ1n) is 8.38. The van der Waals surface area contributed by atoms with Crippen LogP contribution in [0.1, 0.15) is 30.5 Å². The highest BCUT2D eigenvalue weighted by Crippen LogP contribution is 2.16. The number of urea groups is 1. The van der Waals surface area contributed by atoms with Crippen LogP contribution in [0.25, 0.3) is 5.82 Å². The molecule has 0 radical (unpaired) electrons. The number of aryl methyl sites for hydroxylation is 2. The van der Waals surface area contributed by atoms with Gasteiger partial charge in [0.15, 0.2) is 5.82 Å². The Morgan fingerprint density at radius 3 is 2.96 bits per heavy atom. The van der Waals surface area contributed by atoms with Crippen molar-refractivity contribution in [3.05, 3.63) is 35.7 Å². The molecule has 3 amide bonds. The third-order valence-electron chi connectivity index (χ3n) is 4.03. The standard InChI is InChI=1S/C17H22N6O2/c1-11-6-8-18-14(9-11)23-15(10-12(2)22-23)21-17(25)20-13-5-3-4-7-19-16(13)24/h6,8-10,13H,3-5,7H2,1-2H3,(H,19,24)(H2,20,21,25). The Balaban J connectivity index is 1.74. The van der Waals surface area contributed by atoms with Crippen molar-refractivity contribution in [2.75, 3.05) is 11.9 Å². The Morgan fingerprint density at radius 2 is 2.16 bits per heavy atom. The van der Waals surface area contributed by atoms with Gasteiger partial charge in [-0.25, -0.2) is 9.78 Å². The minimum atomic E-state index is -0.517. The Bertz CT molecular complexity index is 785. The van der Waals surface area contributed by atoms with Gasteiger partial charge in [0.1, 0.15) is 11.9 Å². The van der Waals surface area contributed by atoms with Crippen molar-refractivity contribution >= 4 is 17.8 Å². The van der Waals surface area contributed by atoms with Crippen LogP contribution >= 0.6 is 0 Å². The van der Waals surface area contributed by atoms with Gasteiger partial charge >= 0.3 is 6.03 Å². The fourth-order valence-electron chi connectivity index (χ4n) is 2.79. The number of carbonyl (C=O) groups is 2. The quantitative estimate of drug-likeness (QED) is 0.790. The monoisotopic (exact) mass is 342 g/mol. The fraction of sp³-hybridized carbons (Fsp3) is 0.412. The molecule has 3 rings (SSSR count). The number of nitrogens with one attached hydrogen (secondary N) is 3. The second-order valence-electron chi connectivity index (χ2n) is 6.21. The van der Waals surface area contributed by atoms with Crippen LogP contribution in [0.15, 0.2) is 24.4 Å². The van der Waals surface area contributed by atoms with Gasteiger partial charge < -0.3 is 10.6 Å². The van der Waals surface area contributed by atoms with E-state index in [1.165, 1.54) is 0 Å². The maximum absolute atomic E-state index is 12.3. The van der Waals surface area contributed by atoms with Crippen LogP contribution in [0.5, 0.6) is 0 Å². The third kappa shape index (κ3) is 4.14. The number of hydrogen-bond donors (Lipinski definition) is 3. The molecule has 1 aliphatic heterocycles. The minimum Gasteiger partial charge on any atom is -0.354 e. The molecule has 8 heteroatoms. The number of amides is 3. The maximum atomic E-state index is 12.3. The fourth-order valence-corrected chi connectivity index (χ4v) is 2.79. The van der Waals surface area contributed by atoms with Gasteiger partial charge in [-0.2, -0.15) is 9.78 Å². The average molecular weight is 342 g/mol. The van der Waals surface area contributed by atoms with E-state index in [9.17, 15) is 9.59 Å². The summed E-state index contributed by atoms with van der Waals surface area (Å²) in [4.78, 5) is 28.6. The van der Waals surface area contributed by atoms with Crippen LogP contribution in [-0.2, 0) is 4.79 Å². The lowest BCUT2D eigenvalue weighted by molar-refractivity contribution is -0.122. The van der Waals surface area contributed by atoms with E-state index in [2.05, 4.69) is 26.0 Å². The number of aromatic nitrogens is 3. The van der Waals surface area contributed by atoms with Gasteiger partial charge in [-0.05, 0) is 50.8 Å². The van der Waals surface area contributed by atoms with Gasteiger partial charge in [-0.15, -0.1) is 0 Å². The van der Waals surface area contributed by atoms with Crippen LogP contribution in [-0.4, -0.2) is 39.3 Å². The van der Waals surface area contributed by atoms with Gasteiger partial charge in [-0.3, -0.25) is 10.1 Å². The molecule has 1 atom stereocenters. The molecule has 132 valence electrons. The number of pyridine rings is 1. The molecule has 0 saturated carbocycles. The van der Waals surface area contributed by atoms with E-state index in [0.717, 1.165) is 24.1 Å². The maximum Gasteiger partial charge on any atom is 0.321 e. The number of nitrogens with zero attached hydrogens (tertiary/aromatic N) is 3. The molecule has 2 aromatic heterocycles. The minimum absolute atomic E-state index is 0.141. The summed E-state index contributed by atoms with van der Waals surface area (Å²) in [5.74, 6) is 0.982. The zero-order valence-corrected chi connectivity index (χ0v) is 14.4. The highest BCUT2D eigenvalue weighted by molar-refractivity contribution is 5.93. The molecule has 1 aliphatic rings. The highest BCUT2D eigenvalue weighted by Gasteiger charge is 2.23. The predicted octanol–water partition coefficient (Wildman–Crippen LogP) is 1.67. The Hall–Kier alpha value is -2.90.